The molecular formula is C27H26N8O. The third-order valence-corrected chi connectivity index (χ3v) is 5.65. The molecule has 0 bridgehead atoms. The predicted octanol–water partition coefficient (Wildman–Crippen LogP) is 4.14. The highest BCUT2D eigenvalue weighted by Crippen LogP contribution is 2.31. The summed E-state index contributed by atoms with van der Waals surface area (Å²) in [5.74, 6) is 1.05. The van der Waals surface area contributed by atoms with Gasteiger partial charge in [-0.25, -0.2) is 9.50 Å². The van der Waals surface area contributed by atoms with Crippen LogP contribution in [0.1, 0.15) is 18.5 Å². The fourth-order valence-corrected chi connectivity index (χ4v) is 3.91. The number of benzene rings is 1. The van der Waals surface area contributed by atoms with Crippen molar-refractivity contribution in [2.24, 2.45) is 5.73 Å². The number of hydrogen-bond acceptors (Lipinski definition) is 7. The van der Waals surface area contributed by atoms with E-state index in [1.807, 2.05) is 59.2 Å². The molecule has 0 spiro atoms. The van der Waals surface area contributed by atoms with Crippen molar-refractivity contribution in [3.63, 3.8) is 0 Å². The highest BCUT2D eigenvalue weighted by atomic mass is 16.1. The van der Waals surface area contributed by atoms with Gasteiger partial charge in [0.25, 0.3) is 0 Å². The molecule has 0 atom stereocenters. The SMILES string of the molecule is NCCCC(=O)Nc1cncc(-c2nc(NCc3ccccn3)c3c(-c4ccccc4)ccn3n2)c1. The molecule has 0 saturated carbocycles. The van der Waals surface area contributed by atoms with Gasteiger partial charge in [0.2, 0.25) is 5.91 Å². The number of amides is 1. The molecule has 180 valence electrons. The zero-order valence-electron chi connectivity index (χ0n) is 19.6. The van der Waals surface area contributed by atoms with Crippen molar-refractivity contribution < 1.29 is 4.79 Å². The second-order valence-electron chi connectivity index (χ2n) is 8.25. The number of carbonyl (C=O) groups is 1. The minimum Gasteiger partial charge on any atom is -0.363 e. The molecule has 4 aromatic heterocycles. The van der Waals surface area contributed by atoms with Gasteiger partial charge in [0.1, 0.15) is 5.52 Å². The summed E-state index contributed by atoms with van der Waals surface area (Å²) in [6.07, 6.45) is 7.95. The van der Waals surface area contributed by atoms with Crippen molar-refractivity contribution in [2.45, 2.75) is 19.4 Å². The Morgan fingerprint density at radius 1 is 1.00 bits per heavy atom. The lowest BCUT2D eigenvalue weighted by atomic mass is 10.1. The molecule has 0 aliphatic rings. The number of pyridine rings is 2. The first-order valence-electron chi connectivity index (χ1n) is 11.7. The maximum absolute atomic E-state index is 12.2. The van der Waals surface area contributed by atoms with Crippen molar-refractivity contribution in [1.82, 2.24) is 24.6 Å². The molecule has 9 heteroatoms. The second kappa shape index (κ2) is 10.7. The van der Waals surface area contributed by atoms with Crippen LogP contribution in [0.4, 0.5) is 11.5 Å². The summed E-state index contributed by atoms with van der Waals surface area (Å²) in [7, 11) is 0. The van der Waals surface area contributed by atoms with Gasteiger partial charge in [-0.1, -0.05) is 36.4 Å². The Hall–Kier alpha value is -4.63. The molecule has 0 fully saturated rings. The van der Waals surface area contributed by atoms with Crippen LogP contribution in [0.15, 0.2) is 85.5 Å². The Morgan fingerprint density at radius 2 is 1.86 bits per heavy atom. The quantitative estimate of drug-likeness (QED) is 0.291. The van der Waals surface area contributed by atoms with Crippen molar-refractivity contribution in [3.8, 4) is 22.5 Å². The van der Waals surface area contributed by atoms with Crippen LogP contribution in [-0.4, -0.2) is 37.0 Å². The summed E-state index contributed by atoms with van der Waals surface area (Å²) in [4.78, 5) is 25.7. The minimum atomic E-state index is -0.105. The monoisotopic (exact) mass is 478 g/mol. The van der Waals surface area contributed by atoms with E-state index >= 15 is 0 Å². The summed E-state index contributed by atoms with van der Waals surface area (Å²) in [5.41, 5.74) is 10.6. The van der Waals surface area contributed by atoms with Crippen molar-refractivity contribution in [3.05, 3.63) is 91.1 Å². The van der Waals surface area contributed by atoms with Crippen molar-refractivity contribution in [1.29, 1.82) is 0 Å². The Morgan fingerprint density at radius 3 is 2.67 bits per heavy atom. The Bertz CT molecular complexity index is 1470. The lowest BCUT2D eigenvalue weighted by Crippen LogP contribution is -2.13. The van der Waals surface area contributed by atoms with E-state index in [-0.39, 0.29) is 5.91 Å². The van der Waals surface area contributed by atoms with Gasteiger partial charge >= 0.3 is 0 Å². The van der Waals surface area contributed by atoms with Gasteiger partial charge in [-0.2, -0.15) is 0 Å². The summed E-state index contributed by atoms with van der Waals surface area (Å²) < 4.78 is 1.82. The molecule has 4 N–H and O–H groups in total. The van der Waals surface area contributed by atoms with Crippen LogP contribution in [-0.2, 0) is 11.3 Å². The molecule has 0 aliphatic heterocycles. The number of rotatable bonds is 9. The number of carbonyl (C=O) groups excluding carboxylic acids is 1. The highest BCUT2D eigenvalue weighted by molar-refractivity contribution is 5.91. The fraction of sp³-hybridized carbons (Fsp3) is 0.148. The molecule has 5 aromatic rings. The third kappa shape index (κ3) is 5.21. The maximum atomic E-state index is 12.2. The lowest BCUT2D eigenvalue weighted by molar-refractivity contribution is -0.116. The van der Waals surface area contributed by atoms with Crippen molar-refractivity contribution >= 4 is 22.9 Å². The second-order valence-corrected chi connectivity index (χ2v) is 8.25. The Kier molecular flexibility index (Phi) is 6.90. The van der Waals surface area contributed by atoms with Crippen LogP contribution >= 0.6 is 0 Å². The third-order valence-electron chi connectivity index (χ3n) is 5.65. The number of fused-ring (bicyclic) bond motifs is 1. The molecule has 0 saturated heterocycles. The number of aromatic nitrogens is 5. The highest BCUT2D eigenvalue weighted by Gasteiger charge is 2.16. The predicted molar refractivity (Wildman–Crippen MR) is 140 cm³/mol. The van der Waals surface area contributed by atoms with E-state index in [0.29, 0.717) is 48.8 Å². The maximum Gasteiger partial charge on any atom is 0.224 e. The fourth-order valence-electron chi connectivity index (χ4n) is 3.91. The molecular weight excluding hydrogens is 452 g/mol. The van der Waals surface area contributed by atoms with Gasteiger partial charge in [0.15, 0.2) is 11.6 Å². The molecule has 0 aliphatic carbocycles. The molecule has 36 heavy (non-hydrogen) atoms. The minimum absolute atomic E-state index is 0.105. The Labute approximate surface area is 208 Å². The van der Waals surface area contributed by atoms with Gasteiger partial charge in [0, 0.05) is 36.1 Å². The van der Waals surface area contributed by atoms with Crippen LogP contribution in [0, 0.1) is 0 Å². The van der Waals surface area contributed by atoms with Crippen LogP contribution < -0.4 is 16.4 Å². The summed E-state index contributed by atoms with van der Waals surface area (Å²) in [6.45, 7) is 0.970. The van der Waals surface area contributed by atoms with Crippen LogP contribution in [0.5, 0.6) is 0 Å². The average molecular weight is 479 g/mol. The zero-order valence-corrected chi connectivity index (χ0v) is 19.6. The van der Waals surface area contributed by atoms with Gasteiger partial charge in [-0.15, -0.1) is 5.10 Å². The topological polar surface area (TPSA) is 123 Å². The van der Waals surface area contributed by atoms with E-state index in [4.69, 9.17) is 15.8 Å². The molecule has 1 amide bonds. The summed E-state index contributed by atoms with van der Waals surface area (Å²) >= 11 is 0. The molecule has 0 unspecified atom stereocenters. The van der Waals surface area contributed by atoms with Crippen molar-refractivity contribution in [2.75, 3.05) is 17.2 Å². The van der Waals surface area contributed by atoms with E-state index in [1.54, 1.807) is 18.6 Å². The van der Waals surface area contributed by atoms with E-state index in [9.17, 15) is 4.79 Å². The van der Waals surface area contributed by atoms with Gasteiger partial charge < -0.3 is 16.4 Å². The lowest BCUT2D eigenvalue weighted by Gasteiger charge is -2.12. The zero-order chi connectivity index (χ0) is 24.7. The first-order chi connectivity index (χ1) is 17.7. The van der Waals surface area contributed by atoms with E-state index < -0.39 is 0 Å². The number of nitrogens with one attached hydrogen (secondary N) is 2. The number of nitrogens with zero attached hydrogens (tertiary/aromatic N) is 5. The largest absolute Gasteiger partial charge is 0.363 e. The smallest absolute Gasteiger partial charge is 0.224 e. The van der Waals surface area contributed by atoms with Crippen LogP contribution in [0.3, 0.4) is 0 Å². The van der Waals surface area contributed by atoms with E-state index in [1.165, 1.54) is 0 Å². The first-order valence-corrected chi connectivity index (χ1v) is 11.7. The molecule has 0 radical (unpaired) electrons. The summed E-state index contributed by atoms with van der Waals surface area (Å²) in [5, 5.41) is 11.1. The summed E-state index contributed by atoms with van der Waals surface area (Å²) in [6, 6.07) is 19.8. The van der Waals surface area contributed by atoms with Crippen LogP contribution in [0.2, 0.25) is 0 Å². The number of nitrogens with two attached hydrogens (primary N) is 1. The Balaban J connectivity index is 1.53. The standard InChI is InChI=1S/C27H26N8O/c28-12-6-10-24(36)32-22-15-20(16-29-17-22)26-33-27(31-18-21-9-4-5-13-30-21)25-23(11-14-35(25)34-26)19-7-2-1-3-8-19/h1-5,7-9,11,13-17H,6,10,12,18,28H2,(H,32,36)(H,31,33,34). The van der Waals surface area contributed by atoms with Gasteiger partial charge in [-0.05, 0) is 42.8 Å². The molecule has 4 heterocycles. The van der Waals surface area contributed by atoms with E-state index in [2.05, 4.69) is 32.7 Å². The van der Waals surface area contributed by atoms with Gasteiger partial charge in [0.05, 0.1) is 24.1 Å². The molecule has 1 aromatic carbocycles. The molecule has 9 nitrogen and oxygen atoms in total. The van der Waals surface area contributed by atoms with E-state index in [0.717, 1.165) is 22.3 Å². The van der Waals surface area contributed by atoms with Crippen LogP contribution in [0.25, 0.3) is 28.0 Å². The first kappa shape index (κ1) is 23.1. The normalized spacial score (nSPS) is 10.9. The van der Waals surface area contributed by atoms with Gasteiger partial charge in [-0.3, -0.25) is 14.8 Å². The number of anilines is 2. The average Bonchev–Trinajstić information content (AvgIpc) is 3.36. The molecule has 5 rings (SSSR count). The number of hydrogen-bond donors (Lipinski definition) is 3.